The number of anilines is 20. The summed E-state index contributed by atoms with van der Waals surface area (Å²) in [6.45, 7) is 28.7. The average Bonchev–Trinajstić information content (AvgIpc) is 1.63. The van der Waals surface area contributed by atoms with Gasteiger partial charge in [0.05, 0.1) is 47.0 Å². The van der Waals surface area contributed by atoms with Crippen molar-refractivity contribution in [2.24, 2.45) is 0 Å². The molecule has 125 heavy (non-hydrogen) atoms. The molecule has 23 heteroatoms. The Morgan fingerprint density at radius 2 is 0.512 bits per heavy atom. The molecule has 0 aliphatic carbocycles. The largest absolute Gasteiger partial charge is 0.492 e. The smallest absolute Gasteiger partial charge is 0.146 e. The van der Waals surface area contributed by atoms with Crippen molar-refractivity contribution in [1.82, 2.24) is 39.9 Å². The van der Waals surface area contributed by atoms with E-state index in [1.165, 1.54) is 27.8 Å². The van der Waals surface area contributed by atoms with Crippen LogP contribution in [0.25, 0.3) is 11.1 Å². The molecule has 0 atom stereocenters. The van der Waals surface area contributed by atoms with Crippen molar-refractivity contribution in [2.45, 2.75) is 62.3 Å². The molecule has 0 spiro atoms. The van der Waals surface area contributed by atoms with Crippen molar-refractivity contribution in [3.8, 4) is 11.1 Å². The van der Waals surface area contributed by atoms with E-state index in [1.54, 1.807) is 18.6 Å². The molecule has 18 nitrogen and oxygen atoms in total. The van der Waals surface area contributed by atoms with Gasteiger partial charge in [-0.05, 0) is 144 Å². The summed E-state index contributed by atoms with van der Waals surface area (Å²) in [4.78, 5) is 58.4. The molecule has 10 heterocycles. The van der Waals surface area contributed by atoms with Crippen LogP contribution in [0.1, 0.15) is 50.6 Å². The Bertz CT molecular complexity index is 5930. The van der Waals surface area contributed by atoms with Gasteiger partial charge in [0, 0.05) is 146 Å². The Morgan fingerprint density at radius 1 is 0.216 bits per heavy atom. The number of rotatable bonds is 11. The molecule has 0 N–H and O–H groups in total. The van der Waals surface area contributed by atoms with Gasteiger partial charge in [-0.1, -0.05) is 121 Å². The molecule has 11 aromatic carbocycles. The number of aromatic nitrogens is 8. The van der Waals surface area contributed by atoms with E-state index < -0.39 is 0 Å². The van der Waals surface area contributed by atoms with Crippen LogP contribution in [0.15, 0.2) is 316 Å². The quantitative estimate of drug-likeness (QED) is 0.114. The Balaban J connectivity index is 0.000000141. The summed E-state index contributed by atoms with van der Waals surface area (Å²) >= 11 is 0. The van der Waals surface area contributed by atoms with Gasteiger partial charge < -0.3 is 49.0 Å². The second-order valence-corrected chi connectivity index (χ2v) is 29.2. The molecule has 0 saturated carbocycles. The summed E-state index contributed by atoms with van der Waals surface area (Å²) in [6.07, 6.45) is 7.31. The Morgan fingerprint density at radius 3 is 0.928 bits per heavy atom. The molecule has 0 bridgehead atoms. The summed E-state index contributed by atoms with van der Waals surface area (Å²) in [7, 11) is 0. The number of benzene rings is 11. The van der Waals surface area contributed by atoms with E-state index in [-0.39, 0.29) is 101 Å². The first-order chi connectivity index (χ1) is 58.8. The number of fused-ring (bicyclic) bond motifs is 5. The minimum absolute atomic E-state index is 0. The number of pyridine rings is 2. The third kappa shape index (κ3) is 20.1. The number of nitrogens with zero attached hydrogens (tertiary/aromatic N) is 18. The fourth-order valence-electron chi connectivity index (χ4n) is 14.7. The predicted molar refractivity (Wildman–Crippen MR) is 484 cm³/mol. The molecule has 21 rings (SSSR count). The number of hydrogen-bond acceptors (Lipinski definition) is 18. The van der Waals surface area contributed by atoms with Crippen LogP contribution in [-0.2, 0) is 101 Å². The maximum atomic E-state index is 4.80. The van der Waals surface area contributed by atoms with Crippen molar-refractivity contribution in [1.29, 1.82) is 0 Å². The van der Waals surface area contributed by atoms with Crippen LogP contribution >= 0.6 is 0 Å². The second kappa shape index (κ2) is 42.3. The summed E-state index contributed by atoms with van der Waals surface area (Å²) < 4.78 is 0. The summed E-state index contributed by atoms with van der Waals surface area (Å²) in [5.74, 6) is 6.84. The fourth-order valence-corrected chi connectivity index (χ4v) is 14.7. The Kier molecular flexibility index (Phi) is 31.2. The molecular weight excluding hydrogens is 2440 g/mol. The molecule has 16 aromatic rings. The molecule has 5 aromatic heterocycles. The van der Waals surface area contributed by atoms with Gasteiger partial charge in [0.15, 0.2) is 0 Å². The third-order valence-corrected chi connectivity index (χ3v) is 20.6. The van der Waals surface area contributed by atoms with Crippen LogP contribution in [0.4, 0.5) is 115 Å². The first-order valence-electron chi connectivity index (χ1n) is 39.6. The summed E-state index contributed by atoms with van der Waals surface area (Å²) in [6, 6.07) is 114. The number of para-hydroxylation sites is 10. The van der Waals surface area contributed by atoms with Gasteiger partial charge in [-0.15, -0.1) is 61.8 Å². The first kappa shape index (κ1) is 92.4. The van der Waals surface area contributed by atoms with Crippen molar-refractivity contribution >= 4 is 115 Å². The van der Waals surface area contributed by atoms with Crippen LogP contribution < -0.4 is 49.0 Å². The van der Waals surface area contributed by atoms with Crippen LogP contribution in [0.2, 0.25) is 0 Å². The van der Waals surface area contributed by atoms with Crippen LogP contribution in [-0.4, -0.2) is 39.9 Å². The molecule has 0 amide bonds. The average molecular weight is 2520 g/mol. The van der Waals surface area contributed by atoms with Gasteiger partial charge in [0.25, 0.3) is 0 Å². The Labute approximate surface area is 800 Å². The van der Waals surface area contributed by atoms with E-state index in [9.17, 15) is 0 Å². The minimum Gasteiger partial charge on any atom is -0.492 e. The molecule has 0 fully saturated rings. The SMILES string of the molecule is Cc1ccc2c(n1)N(c1[c-]cccc1)[CH-]N2c1ccccc1C.Cc1cnc2c(c1)N(c1[c-]cccc1)[CH-]N2c1ccccc1C.Cc1cnc2c(n1)N(c1[c-]cccc1)[CH-]N2c1ccccc1C.Cc1cnc2c(n1)N(c1ccccc1-c1ccccc1)[CH-]N2c1[c-]cccc1.Cc1cnc2c(n1)N(c1ccccc1C)[CH-]N2c1[c-]cccc1.[Ir].[Ir].[Ir].[Ir].[Ir]. The van der Waals surface area contributed by atoms with E-state index >= 15 is 0 Å². The Hall–Kier alpha value is -11.8. The number of hydrogen-bond donors (Lipinski definition) is 0. The van der Waals surface area contributed by atoms with Gasteiger partial charge in [0.1, 0.15) is 46.5 Å². The monoisotopic (exact) mass is 2530 g/mol. The molecular formula is C102H84Ir5N18-10. The first-order valence-corrected chi connectivity index (χ1v) is 39.6. The van der Waals surface area contributed by atoms with E-state index in [2.05, 4.69) is 283 Å². The number of aryl methyl sites for hydroxylation is 9. The maximum absolute atomic E-state index is 4.80. The van der Waals surface area contributed by atoms with Crippen molar-refractivity contribution in [2.75, 3.05) is 49.0 Å². The van der Waals surface area contributed by atoms with Crippen molar-refractivity contribution in [3.05, 3.63) is 430 Å². The molecule has 0 unspecified atom stereocenters. The molecule has 5 aliphatic heterocycles. The van der Waals surface area contributed by atoms with E-state index in [4.69, 9.17) is 15.0 Å². The van der Waals surface area contributed by atoms with Crippen molar-refractivity contribution < 1.29 is 101 Å². The van der Waals surface area contributed by atoms with Crippen LogP contribution in [0.5, 0.6) is 0 Å². The topological polar surface area (TPSA) is 136 Å². The molecule has 5 radical (unpaired) electrons. The minimum atomic E-state index is 0. The molecule has 0 saturated heterocycles. The van der Waals surface area contributed by atoms with Crippen LogP contribution in [0.3, 0.4) is 0 Å². The molecule has 637 valence electrons. The zero-order valence-corrected chi connectivity index (χ0v) is 81.6. The zero-order valence-electron chi connectivity index (χ0n) is 69.6. The zero-order chi connectivity index (χ0) is 82.2. The van der Waals surface area contributed by atoms with E-state index in [0.717, 1.165) is 149 Å². The van der Waals surface area contributed by atoms with E-state index in [0.29, 0.717) is 0 Å². The summed E-state index contributed by atoms with van der Waals surface area (Å²) in [5.41, 5.74) is 24.5. The second-order valence-electron chi connectivity index (χ2n) is 29.2. The van der Waals surface area contributed by atoms with Gasteiger partial charge in [-0.2, -0.15) is 152 Å². The van der Waals surface area contributed by atoms with Crippen molar-refractivity contribution in [3.63, 3.8) is 0 Å². The molecule has 5 aliphatic rings. The van der Waals surface area contributed by atoms with Crippen LogP contribution in [0, 0.1) is 126 Å². The third-order valence-electron chi connectivity index (χ3n) is 20.6. The maximum Gasteiger partial charge on any atom is 0.146 e. The predicted octanol–water partition coefficient (Wildman–Crippen LogP) is 24.1. The normalized spacial score (nSPS) is 12.7. The summed E-state index contributed by atoms with van der Waals surface area (Å²) in [5, 5.41) is 0. The standard InChI is InChI=1S/C24H18N4.2C20H17N3.2C19H16N4.5Ir/c1-18-16-25-23-24(26-18)28(17-27(23)20-12-6-3-7-13-20)22-15-9-8-14-21(22)19-10-4-2-5-11-19;1-15-12-19-20(21-13-15)23(18-11-7-6-8-16(18)2)14-22(19)17-9-4-3-5-10-17;1-15-8-6-7-11-18(15)23-14-22(17-9-4-3-5-10-17)20-19(23)13-12-16(2)21-20;1-14-8-6-7-11-17(14)23-13-22(16-9-4-3-5-10-16)19-18(23)20-12-15(2)21-19;1-14-8-6-7-11-17(14)23-13-22(16-9-4-3-5-10-16)18-19(23)21-15(2)12-20-18;;;;;/h2-12,14-17H,1H3;2*3-9,11-14H,1-2H3;2*3-9,11-13H,1-2H3;;;;;/q5*-2;;;;;. The van der Waals surface area contributed by atoms with Gasteiger partial charge >= 0.3 is 0 Å². The van der Waals surface area contributed by atoms with Gasteiger partial charge in [-0.3, -0.25) is 0 Å². The van der Waals surface area contributed by atoms with Gasteiger partial charge in [-0.25, -0.2) is 39.9 Å². The van der Waals surface area contributed by atoms with E-state index in [1.807, 2.05) is 214 Å². The van der Waals surface area contributed by atoms with Gasteiger partial charge in [0.2, 0.25) is 0 Å². The fraction of sp³-hybridized carbons (Fsp3) is 0.0882.